The first-order chi connectivity index (χ1) is 29.6. The molecule has 2 unspecified atom stereocenters. The molecule has 0 aromatic rings. The summed E-state index contributed by atoms with van der Waals surface area (Å²) < 4.78 is 47.7. The van der Waals surface area contributed by atoms with Gasteiger partial charge in [-0.3, -0.25) is 23.2 Å². The van der Waals surface area contributed by atoms with Crippen molar-refractivity contribution in [1.82, 2.24) is 0 Å². The normalized spacial score (nSPS) is 15.0. The lowest BCUT2D eigenvalue weighted by atomic mass is 10.0. The van der Waals surface area contributed by atoms with Gasteiger partial charge in [0.15, 0.2) is 6.10 Å². The Kier molecular flexibility index (Phi) is 39.3. The Balaban J connectivity index is 4.63. The van der Waals surface area contributed by atoms with Crippen molar-refractivity contribution >= 4 is 27.6 Å². The fourth-order valence-corrected chi connectivity index (χ4v) is 7.29. The summed E-state index contributed by atoms with van der Waals surface area (Å²) in [4.78, 5) is 52.8. The zero-order valence-corrected chi connectivity index (χ0v) is 40.0. The number of esters is 2. The van der Waals surface area contributed by atoms with E-state index in [-0.39, 0.29) is 12.8 Å². The Bertz CT molecular complexity index is 1310. The molecule has 0 aliphatic heterocycles. The molecule has 0 amide bonds. The second-order valence-electron chi connectivity index (χ2n) is 16.4. The zero-order valence-electron chi connectivity index (χ0n) is 38.2. The van der Waals surface area contributed by atoms with Crippen LogP contribution in [0, 0.1) is 5.92 Å². The summed E-state index contributed by atoms with van der Waals surface area (Å²) in [6, 6.07) is 0. The molecule has 0 spiro atoms. The summed E-state index contributed by atoms with van der Waals surface area (Å²) in [6.45, 7) is 3.91. The molecular weight excluding hydrogens is 838 g/mol. The molecule has 0 aromatic heterocycles. The molecule has 62 heavy (non-hydrogen) atoms. The SMILES string of the molecule is CCCCC/C=C\C/C=C\CC(O)/C=C\C=C\CCCC(=O)OC[C@H](COP(=O)(O)OC[C@@H](O)COP(=O)(O)O)OC(=O)CCCCCCCCCCCCCCCCC(C)C. The Hall–Kier alpha value is -1.96. The van der Waals surface area contributed by atoms with Gasteiger partial charge in [0.05, 0.1) is 25.9 Å². The maximum Gasteiger partial charge on any atom is 0.472 e. The van der Waals surface area contributed by atoms with Crippen LogP contribution in [-0.2, 0) is 41.8 Å². The van der Waals surface area contributed by atoms with E-state index in [1.165, 1.54) is 83.5 Å². The number of unbranched alkanes of at least 4 members (excludes halogenated alkanes) is 17. The van der Waals surface area contributed by atoms with E-state index in [4.69, 9.17) is 23.8 Å². The third-order valence-corrected chi connectivity index (χ3v) is 11.2. The van der Waals surface area contributed by atoms with Crippen LogP contribution in [-0.4, -0.2) is 81.6 Å². The van der Waals surface area contributed by atoms with Crippen molar-refractivity contribution in [3.63, 3.8) is 0 Å². The number of allylic oxidation sites excluding steroid dienone is 6. The molecule has 14 nitrogen and oxygen atoms in total. The molecule has 0 rings (SSSR count). The molecule has 4 atom stereocenters. The number of phosphoric acid groups is 2. The van der Waals surface area contributed by atoms with E-state index in [1.807, 2.05) is 18.2 Å². The van der Waals surface area contributed by atoms with Crippen LogP contribution in [0.3, 0.4) is 0 Å². The maximum atomic E-state index is 12.7. The lowest BCUT2D eigenvalue weighted by Crippen LogP contribution is -2.30. The van der Waals surface area contributed by atoms with Gasteiger partial charge in [-0.05, 0) is 50.9 Å². The molecule has 0 radical (unpaired) electrons. The molecule has 0 bridgehead atoms. The zero-order chi connectivity index (χ0) is 46.2. The summed E-state index contributed by atoms with van der Waals surface area (Å²) in [5.74, 6) is -0.357. The number of aliphatic hydroxyl groups is 2. The van der Waals surface area contributed by atoms with Gasteiger partial charge in [-0.25, -0.2) is 9.13 Å². The average molecular weight is 923 g/mol. The van der Waals surface area contributed by atoms with E-state index in [0.29, 0.717) is 25.7 Å². The lowest BCUT2D eigenvalue weighted by Gasteiger charge is -2.20. The average Bonchev–Trinajstić information content (AvgIpc) is 3.21. The quantitative estimate of drug-likeness (QED) is 0.0126. The van der Waals surface area contributed by atoms with Gasteiger partial charge in [-0.2, -0.15) is 0 Å². The van der Waals surface area contributed by atoms with Crippen LogP contribution >= 0.6 is 15.6 Å². The summed E-state index contributed by atoms with van der Waals surface area (Å²) in [6.07, 6.45) is 37.0. The van der Waals surface area contributed by atoms with Crippen molar-refractivity contribution in [3.05, 3.63) is 48.6 Å². The molecule has 0 aromatic carbocycles. The Morgan fingerprint density at radius 1 is 0.581 bits per heavy atom. The first kappa shape index (κ1) is 60.0. The molecule has 0 aliphatic rings. The monoisotopic (exact) mass is 923 g/mol. The lowest BCUT2D eigenvalue weighted by molar-refractivity contribution is -0.161. The first-order valence-corrected chi connectivity index (χ1v) is 26.3. The molecule has 0 fully saturated rings. The van der Waals surface area contributed by atoms with E-state index in [2.05, 4.69) is 42.0 Å². The van der Waals surface area contributed by atoms with Crippen molar-refractivity contribution in [2.45, 2.75) is 200 Å². The van der Waals surface area contributed by atoms with Gasteiger partial charge in [0.25, 0.3) is 0 Å². The van der Waals surface area contributed by atoms with Crippen LogP contribution in [0.2, 0.25) is 0 Å². The second-order valence-corrected chi connectivity index (χ2v) is 19.1. The number of phosphoric ester groups is 2. The fourth-order valence-electron chi connectivity index (χ4n) is 6.14. The number of hydrogen-bond acceptors (Lipinski definition) is 11. The maximum absolute atomic E-state index is 12.7. The van der Waals surface area contributed by atoms with E-state index in [1.54, 1.807) is 18.2 Å². The standard InChI is InChI=1S/C46H84O14P2/c1-4-5-6-7-8-15-19-23-28-33-42(47)34-29-24-21-26-30-35-45(49)56-39-44(40-59-62(54,55)58-38-43(48)37-57-61(51,52)53)60-46(50)36-31-25-20-17-14-12-10-9-11-13-16-18-22-27-32-41(2)3/h8,15,21,23-24,28-29,34,41-44,47-48H,4-7,9-14,16-20,22,25-27,30-33,35-40H2,1-3H3,(H,54,55)(H2,51,52,53)/b15-8-,24-21+,28-23-,34-29-/t42?,43-,44+/m0/s1. The highest BCUT2D eigenvalue weighted by Gasteiger charge is 2.28. The van der Waals surface area contributed by atoms with Crippen molar-refractivity contribution in [1.29, 1.82) is 0 Å². The van der Waals surface area contributed by atoms with Crippen LogP contribution in [0.5, 0.6) is 0 Å². The topological polar surface area (TPSA) is 216 Å². The number of rotatable bonds is 43. The molecule has 362 valence electrons. The molecular formula is C46H84O14P2. The van der Waals surface area contributed by atoms with E-state index in [9.17, 15) is 33.8 Å². The second kappa shape index (κ2) is 40.5. The summed E-state index contributed by atoms with van der Waals surface area (Å²) >= 11 is 0. The van der Waals surface area contributed by atoms with E-state index >= 15 is 0 Å². The predicted molar refractivity (Wildman–Crippen MR) is 245 cm³/mol. The number of carbonyl (C=O) groups excluding carboxylic acids is 2. The van der Waals surface area contributed by atoms with Gasteiger partial charge in [-0.1, -0.05) is 172 Å². The molecule has 16 heteroatoms. The molecule has 5 N–H and O–H groups in total. The van der Waals surface area contributed by atoms with Crippen LogP contribution in [0.25, 0.3) is 0 Å². The van der Waals surface area contributed by atoms with Crippen LogP contribution in [0.4, 0.5) is 0 Å². The molecule has 0 heterocycles. The smallest absolute Gasteiger partial charge is 0.462 e. The Morgan fingerprint density at radius 3 is 1.74 bits per heavy atom. The number of ether oxygens (including phenoxy) is 2. The molecule has 0 saturated carbocycles. The van der Waals surface area contributed by atoms with Crippen LogP contribution in [0.15, 0.2) is 48.6 Å². The Labute approximate surface area is 373 Å². The van der Waals surface area contributed by atoms with E-state index in [0.717, 1.165) is 44.4 Å². The predicted octanol–water partition coefficient (Wildman–Crippen LogP) is 11.1. The van der Waals surface area contributed by atoms with Crippen LogP contribution < -0.4 is 0 Å². The third-order valence-electron chi connectivity index (χ3n) is 9.72. The first-order valence-electron chi connectivity index (χ1n) is 23.3. The highest BCUT2D eigenvalue weighted by molar-refractivity contribution is 7.47. The van der Waals surface area contributed by atoms with Crippen molar-refractivity contribution in [3.8, 4) is 0 Å². The summed E-state index contributed by atoms with van der Waals surface area (Å²) in [5.41, 5.74) is 0. The minimum Gasteiger partial charge on any atom is -0.462 e. The Morgan fingerprint density at radius 2 is 1.13 bits per heavy atom. The molecule has 0 saturated heterocycles. The highest BCUT2D eigenvalue weighted by atomic mass is 31.2. The van der Waals surface area contributed by atoms with E-state index < -0.39 is 72.3 Å². The largest absolute Gasteiger partial charge is 0.472 e. The highest BCUT2D eigenvalue weighted by Crippen LogP contribution is 2.43. The summed E-state index contributed by atoms with van der Waals surface area (Å²) in [5, 5.41) is 19.9. The fraction of sp³-hybridized carbons (Fsp3) is 0.783. The minimum atomic E-state index is -4.88. The minimum absolute atomic E-state index is 0.0604. The third kappa shape index (κ3) is 44.6. The number of hydrogen-bond donors (Lipinski definition) is 5. The molecule has 0 aliphatic carbocycles. The number of carbonyl (C=O) groups is 2. The van der Waals surface area contributed by atoms with Gasteiger partial charge in [0.2, 0.25) is 0 Å². The van der Waals surface area contributed by atoms with Crippen molar-refractivity contribution in [2.75, 3.05) is 26.4 Å². The van der Waals surface area contributed by atoms with Crippen molar-refractivity contribution in [2.24, 2.45) is 5.92 Å². The van der Waals surface area contributed by atoms with Gasteiger partial charge in [0.1, 0.15) is 12.7 Å². The summed E-state index contributed by atoms with van der Waals surface area (Å²) in [7, 11) is -9.72. The van der Waals surface area contributed by atoms with Crippen molar-refractivity contribution < 1.29 is 66.7 Å². The van der Waals surface area contributed by atoms with Gasteiger partial charge >= 0.3 is 27.6 Å². The van der Waals surface area contributed by atoms with Gasteiger partial charge in [0, 0.05) is 12.8 Å². The number of aliphatic hydroxyl groups excluding tert-OH is 2. The van der Waals surface area contributed by atoms with Crippen LogP contribution in [0.1, 0.15) is 181 Å². The van der Waals surface area contributed by atoms with Gasteiger partial charge < -0.3 is 34.4 Å². The van der Waals surface area contributed by atoms with Gasteiger partial charge in [-0.15, -0.1) is 0 Å².